The van der Waals surface area contributed by atoms with Crippen LogP contribution >= 0.6 is 0 Å². The van der Waals surface area contributed by atoms with Gasteiger partial charge in [-0.25, -0.2) is 8.42 Å². The highest BCUT2D eigenvalue weighted by Gasteiger charge is 2.07. The SMILES string of the molecule is CCCC(N)CCN(C)CCS(C)(=O)=O. The van der Waals surface area contributed by atoms with Crippen LogP contribution in [-0.4, -0.2) is 51.5 Å². The summed E-state index contributed by atoms with van der Waals surface area (Å²) in [4.78, 5) is 2.02. The molecule has 0 aromatic heterocycles. The summed E-state index contributed by atoms with van der Waals surface area (Å²) in [7, 11) is -0.907. The summed E-state index contributed by atoms with van der Waals surface area (Å²) in [5, 5.41) is 0. The first-order valence-corrected chi connectivity index (χ1v) is 7.53. The number of nitrogens with two attached hydrogens (primary N) is 1. The van der Waals surface area contributed by atoms with Crippen LogP contribution in [0.2, 0.25) is 0 Å². The third-order valence-electron chi connectivity index (χ3n) is 2.38. The summed E-state index contributed by atoms with van der Waals surface area (Å²) in [6, 6.07) is 0.246. The first kappa shape index (κ1) is 14.9. The molecule has 4 nitrogen and oxygen atoms in total. The van der Waals surface area contributed by atoms with Gasteiger partial charge in [-0.1, -0.05) is 13.3 Å². The van der Waals surface area contributed by atoms with E-state index in [9.17, 15) is 8.42 Å². The van der Waals surface area contributed by atoms with E-state index in [4.69, 9.17) is 5.73 Å². The summed E-state index contributed by atoms with van der Waals surface area (Å²) in [6.45, 7) is 3.58. The van der Waals surface area contributed by atoms with Crippen molar-refractivity contribution in [3.8, 4) is 0 Å². The van der Waals surface area contributed by atoms with Gasteiger partial charge in [-0.3, -0.25) is 0 Å². The molecule has 0 aromatic carbocycles. The second-order valence-electron chi connectivity index (χ2n) is 4.27. The van der Waals surface area contributed by atoms with E-state index >= 15 is 0 Å². The average molecular weight is 236 g/mol. The lowest BCUT2D eigenvalue weighted by Gasteiger charge is -2.18. The van der Waals surface area contributed by atoms with Crippen molar-refractivity contribution in [1.29, 1.82) is 0 Å². The van der Waals surface area contributed by atoms with Crippen LogP contribution < -0.4 is 5.73 Å². The highest BCUT2D eigenvalue weighted by molar-refractivity contribution is 7.90. The fourth-order valence-electron chi connectivity index (χ4n) is 1.33. The highest BCUT2D eigenvalue weighted by atomic mass is 32.2. The first-order valence-electron chi connectivity index (χ1n) is 5.47. The Morgan fingerprint density at radius 3 is 2.33 bits per heavy atom. The topological polar surface area (TPSA) is 63.4 Å². The van der Waals surface area contributed by atoms with E-state index in [-0.39, 0.29) is 11.8 Å². The minimum atomic E-state index is -2.84. The summed E-state index contributed by atoms with van der Waals surface area (Å²) in [5.41, 5.74) is 5.87. The van der Waals surface area contributed by atoms with E-state index in [1.165, 1.54) is 6.26 Å². The normalized spacial score (nSPS) is 14.5. The predicted octanol–water partition coefficient (Wildman–Crippen LogP) is 0.480. The van der Waals surface area contributed by atoms with Crippen molar-refractivity contribution in [2.45, 2.75) is 32.2 Å². The molecule has 5 heteroatoms. The molecule has 1 atom stereocenters. The molecule has 0 radical (unpaired) electrons. The van der Waals surface area contributed by atoms with Gasteiger partial charge in [-0.2, -0.15) is 0 Å². The molecule has 0 aliphatic carbocycles. The van der Waals surface area contributed by atoms with Crippen LogP contribution in [0.1, 0.15) is 26.2 Å². The minimum absolute atomic E-state index is 0.229. The van der Waals surface area contributed by atoms with Gasteiger partial charge in [0.25, 0.3) is 0 Å². The number of nitrogens with zero attached hydrogens (tertiary/aromatic N) is 1. The van der Waals surface area contributed by atoms with Crippen molar-refractivity contribution in [3.05, 3.63) is 0 Å². The van der Waals surface area contributed by atoms with Crippen LogP contribution in [0.25, 0.3) is 0 Å². The highest BCUT2D eigenvalue weighted by Crippen LogP contribution is 1.99. The van der Waals surface area contributed by atoms with Gasteiger partial charge in [-0.05, 0) is 26.4 Å². The Balaban J connectivity index is 3.61. The monoisotopic (exact) mass is 236 g/mol. The molecule has 0 spiro atoms. The average Bonchev–Trinajstić information content (AvgIpc) is 2.11. The van der Waals surface area contributed by atoms with E-state index in [0.29, 0.717) is 6.54 Å². The zero-order valence-corrected chi connectivity index (χ0v) is 10.9. The summed E-state index contributed by atoms with van der Waals surface area (Å²) in [5.74, 6) is 0.229. The van der Waals surface area contributed by atoms with Crippen LogP contribution in [0.5, 0.6) is 0 Å². The van der Waals surface area contributed by atoms with Crippen molar-refractivity contribution in [2.24, 2.45) is 5.73 Å². The van der Waals surface area contributed by atoms with Crippen molar-refractivity contribution in [1.82, 2.24) is 4.90 Å². The molecule has 0 fully saturated rings. The Kier molecular flexibility index (Phi) is 7.13. The fourth-order valence-corrected chi connectivity index (χ4v) is 1.98. The molecule has 92 valence electrons. The molecular weight excluding hydrogens is 212 g/mol. The van der Waals surface area contributed by atoms with Gasteiger partial charge in [0.2, 0.25) is 0 Å². The minimum Gasteiger partial charge on any atom is -0.328 e. The van der Waals surface area contributed by atoms with E-state index in [0.717, 1.165) is 25.8 Å². The molecule has 15 heavy (non-hydrogen) atoms. The number of hydrogen-bond acceptors (Lipinski definition) is 4. The van der Waals surface area contributed by atoms with Crippen molar-refractivity contribution in [3.63, 3.8) is 0 Å². The van der Waals surface area contributed by atoms with E-state index in [1.54, 1.807) is 0 Å². The Bertz CT molecular complexity index is 252. The second-order valence-corrected chi connectivity index (χ2v) is 6.53. The lowest BCUT2D eigenvalue weighted by Crippen LogP contribution is -2.31. The van der Waals surface area contributed by atoms with Gasteiger partial charge in [0.15, 0.2) is 0 Å². The maximum absolute atomic E-state index is 10.9. The van der Waals surface area contributed by atoms with Crippen LogP contribution in [0.4, 0.5) is 0 Å². The predicted molar refractivity (Wildman–Crippen MR) is 64.7 cm³/mol. The van der Waals surface area contributed by atoms with Crippen LogP contribution in [0.3, 0.4) is 0 Å². The third kappa shape index (κ3) is 10.2. The van der Waals surface area contributed by atoms with Crippen molar-refractivity contribution >= 4 is 9.84 Å². The molecule has 1 unspecified atom stereocenters. The quantitative estimate of drug-likeness (QED) is 0.666. The molecular formula is C10H24N2O2S. The van der Waals surface area contributed by atoms with Crippen molar-refractivity contribution in [2.75, 3.05) is 32.1 Å². The lowest BCUT2D eigenvalue weighted by atomic mass is 10.1. The smallest absolute Gasteiger partial charge is 0.148 e. The standard InChI is InChI=1S/C10H24N2O2S/c1-4-5-10(11)6-7-12(2)8-9-15(3,13)14/h10H,4-9,11H2,1-3H3. The molecule has 0 amide bonds. The van der Waals surface area contributed by atoms with Crippen molar-refractivity contribution < 1.29 is 8.42 Å². The maximum Gasteiger partial charge on any atom is 0.148 e. The first-order chi connectivity index (χ1) is 6.85. The van der Waals surface area contributed by atoms with Crippen LogP contribution in [-0.2, 0) is 9.84 Å². The summed E-state index contributed by atoms with van der Waals surface area (Å²) >= 11 is 0. The molecule has 0 saturated carbocycles. The number of hydrogen-bond donors (Lipinski definition) is 1. The van der Waals surface area contributed by atoms with Gasteiger partial charge in [0.1, 0.15) is 9.84 Å². The van der Waals surface area contributed by atoms with Gasteiger partial charge in [0, 0.05) is 18.8 Å². The molecule has 2 N–H and O–H groups in total. The number of sulfone groups is 1. The lowest BCUT2D eigenvalue weighted by molar-refractivity contribution is 0.330. The Hall–Kier alpha value is -0.130. The molecule has 0 saturated heterocycles. The Morgan fingerprint density at radius 1 is 1.27 bits per heavy atom. The molecule has 0 aliphatic heterocycles. The maximum atomic E-state index is 10.9. The van der Waals surface area contributed by atoms with Crippen LogP contribution in [0, 0.1) is 0 Å². The van der Waals surface area contributed by atoms with E-state index < -0.39 is 9.84 Å². The Labute approximate surface area is 93.7 Å². The Morgan fingerprint density at radius 2 is 1.87 bits per heavy atom. The van der Waals surface area contributed by atoms with Gasteiger partial charge >= 0.3 is 0 Å². The van der Waals surface area contributed by atoms with Crippen LogP contribution in [0.15, 0.2) is 0 Å². The fraction of sp³-hybridized carbons (Fsp3) is 1.00. The van der Waals surface area contributed by atoms with Gasteiger partial charge < -0.3 is 10.6 Å². The second kappa shape index (κ2) is 7.19. The molecule has 0 aliphatic rings. The van der Waals surface area contributed by atoms with Gasteiger partial charge in [-0.15, -0.1) is 0 Å². The molecule has 0 bridgehead atoms. The number of rotatable bonds is 8. The van der Waals surface area contributed by atoms with E-state index in [1.807, 2.05) is 11.9 Å². The summed E-state index contributed by atoms with van der Waals surface area (Å²) in [6.07, 6.45) is 4.35. The van der Waals surface area contributed by atoms with E-state index in [2.05, 4.69) is 6.92 Å². The largest absolute Gasteiger partial charge is 0.328 e. The van der Waals surface area contributed by atoms with Gasteiger partial charge in [0.05, 0.1) is 5.75 Å². The zero-order chi connectivity index (χ0) is 11.9. The molecule has 0 heterocycles. The summed E-state index contributed by atoms with van der Waals surface area (Å²) < 4.78 is 21.8. The molecule has 0 aromatic rings. The molecule has 0 rings (SSSR count). The zero-order valence-electron chi connectivity index (χ0n) is 10.1. The third-order valence-corrected chi connectivity index (χ3v) is 3.31.